The van der Waals surface area contributed by atoms with Gasteiger partial charge in [0.2, 0.25) is 0 Å². The number of carbonyl (C=O) groups is 1. The molecule has 0 radical (unpaired) electrons. The Bertz CT molecular complexity index is 657. The van der Waals surface area contributed by atoms with Crippen molar-refractivity contribution in [3.63, 3.8) is 0 Å². The van der Waals surface area contributed by atoms with E-state index in [1.54, 1.807) is 0 Å². The number of carbonyl (C=O) groups excluding carboxylic acids is 1. The topological polar surface area (TPSA) is 55.6 Å². The van der Waals surface area contributed by atoms with Crippen LogP contribution in [0.3, 0.4) is 0 Å². The average Bonchev–Trinajstić information content (AvgIpc) is 2.60. The summed E-state index contributed by atoms with van der Waals surface area (Å²) in [5.74, 6) is 0.742. The van der Waals surface area contributed by atoms with Gasteiger partial charge >= 0.3 is 0 Å². The first kappa shape index (κ1) is 15.6. The summed E-state index contributed by atoms with van der Waals surface area (Å²) in [5.41, 5.74) is 7.72. The molecular formula is C19H22N2O2. The van der Waals surface area contributed by atoms with Gasteiger partial charge in [-0.2, -0.15) is 0 Å². The highest BCUT2D eigenvalue weighted by Gasteiger charge is 2.22. The molecule has 0 saturated carbocycles. The molecule has 0 aromatic heterocycles. The van der Waals surface area contributed by atoms with Gasteiger partial charge < -0.3 is 15.4 Å². The maximum Gasteiger partial charge on any atom is 0.254 e. The summed E-state index contributed by atoms with van der Waals surface area (Å²) in [6, 6.07) is 17.4. The minimum Gasteiger partial charge on any atom is -0.489 e. The number of hydrogen-bond acceptors (Lipinski definition) is 3. The standard InChI is InChI=1S/C19H22N2O2/c20-17-9-5-11-21(13-17)19(22)16-8-4-10-18(12-16)23-14-15-6-2-1-3-7-15/h1-4,6-8,10,12,17H,5,9,11,13-14,20H2. The third-order valence-electron chi connectivity index (χ3n) is 4.07. The average molecular weight is 310 g/mol. The summed E-state index contributed by atoms with van der Waals surface area (Å²) in [6.07, 6.45) is 1.96. The van der Waals surface area contributed by atoms with Crippen molar-refractivity contribution in [2.75, 3.05) is 13.1 Å². The van der Waals surface area contributed by atoms with Crippen LogP contribution < -0.4 is 10.5 Å². The predicted octanol–water partition coefficient (Wildman–Crippen LogP) is 2.83. The molecule has 1 fully saturated rings. The first-order valence-corrected chi connectivity index (χ1v) is 8.04. The number of amides is 1. The summed E-state index contributed by atoms with van der Waals surface area (Å²) in [7, 11) is 0. The number of rotatable bonds is 4. The van der Waals surface area contributed by atoms with Gasteiger partial charge in [0, 0.05) is 24.7 Å². The van der Waals surface area contributed by atoms with Crippen molar-refractivity contribution in [3.05, 3.63) is 65.7 Å². The maximum absolute atomic E-state index is 12.6. The molecule has 2 aromatic rings. The zero-order valence-corrected chi connectivity index (χ0v) is 13.2. The fourth-order valence-corrected chi connectivity index (χ4v) is 2.84. The maximum atomic E-state index is 12.6. The van der Waals surface area contributed by atoms with E-state index in [9.17, 15) is 4.79 Å². The Balaban J connectivity index is 1.66. The number of likely N-dealkylation sites (tertiary alicyclic amines) is 1. The number of benzene rings is 2. The quantitative estimate of drug-likeness (QED) is 0.945. The van der Waals surface area contributed by atoms with Crippen LogP contribution in [-0.2, 0) is 6.61 Å². The molecular weight excluding hydrogens is 288 g/mol. The minimum absolute atomic E-state index is 0.0327. The Morgan fingerprint density at radius 2 is 2.00 bits per heavy atom. The number of ether oxygens (including phenoxy) is 1. The van der Waals surface area contributed by atoms with E-state index < -0.39 is 0 Å². The Hall–Kier alpha value is -2.33. The zero-order chi connectivity index (χ0) is 16.1. The summed E-state index contributed by atoms with van der Waals surface area (Å²) < 4.78 is 5.80. The lowest BCUT2D eigenvalue weighted by Gasteiger charge is -2.30. The van der Waals surface area contributed by atoms with Crippen molar-refractivity contribution in [1.82, 2.24) is 4.90 Å². The molecule has 1 saturated heterocycles. The Morgan fingerprint density at radius 3 is 2.78 bits per heavy atom. The highest BCUT2D eigenvalue weighted by atomic mass is 16.5. The molecule has 1 aliphatic rings. The van der Waals surface area contributed by atoms with Gasteiger partial charge in [-0.25, -0.2) is 0 Å². The number of hydrogen-bond donors (Lipinski definition) is 1. The van der Waals surface area contributed by atoms with Gasteiger partial charge in [-0.05, 0) is 36.6 Å². The largest absolute Gasteiger partial charge is 0.489 e. The molecule has 1 aliphatic heterocycles. The molecule has 0 spiro atoms. The van der Waals surface area contributed by atoms with Crippen molar-refractivity contribution in [3.8, 4) is 5.75 Å². The highest BCUT2D eigenvalue weighted by molar-refractivity contribution is 5.94. The molecule has 4 nitrogen and oxygen atoms in total. The van der Waals surface area contributed by atoms with Gasteiger partial charge in [0.25, 0.3) is 5.91 Å². The third kappa shape index (κ3) is 4.11. The first-order valence-electron chi connectivity index (χ1n) is 8.04. The van der Waals surface area contributed by atoms with Crippen LogP contribution in [0, 0.1) is 0 Å². The molecule has 1 amide bonds. The Kier molecular flexibility index (Phi) is 4.93. The summed E-state index contributed by atoms with van der Waals surface area (Å²) in [6.45, 7) is 1.91. The molecule has 0 aliphatic carbocycles. The van der Waals surface area contributed by atoms with Crippen LogP contribution in [0.25, 0.3) is 0 Å². The second kappa shape index (κ2) is 7.29. The lowest BCUT2D eigenvalue weighted by molar-refractivity contribution is 0.0708. The van der Waals surface area contributed by atoms with E-state index in [0.29, 0.717) is 24.5 Å². The van der Waals surface area contributed by atoms with Gasteiger partial charge in [0.05, 0.1) is 0 Å². The number of nitrogens with zero attached hydrogens (tertiary/aromatic N) is 1. The van der Waals surface area contributed by atoms with Crippen molar-refractivity contribution in [2.45, 2.75) is 25.5 Å². The van der Waals surface area contributed by atoms with E-state index in [2.05, 4.69) is 0 Å². The van der Waals surface area contributed by atoms with E-state index >= 15 is 0 Å². The van der Waals surface area contributed by atoms with Crippen LogP contribution in [0.4, 0.5) is 0 Å². The van der Waals surface area contributed by atoms with Crippen LogP contribution in [0.1, 0.15) is 28.8 Å². The molecule has 2 aromatic carbocycles. The van der Waals surface area contributed by atoms with E-state index in [-0.39, 0.29) is 11.9 Å². The molecule has 120 valence electrons. The van der Waals surface area contributed by atoms with E-state index in [0.717, 1.165) is 24.9 Å². The van der Waals surface area contributed by atoms with Crippen molar-refractivity contribution < 1.29 is 9.53 Å². The monoisotopic (exact) mass is 310 g/mol. The summed E-state index contributed by atoms with van der Waals surface area (Å²) in [4.78, 5) is 14.4. The lowest BCUT2D eigenvalue weighted by atomic mass is 10.1. The van der Waals surface area contributed by atoms with Crippen molar-refractivity contribution in [2.24, 2.45) is 5.73 Å². The summed E-state index contributed by atoms with van der Waals surface area (Å²) >= 11 is 0. The number of piperidine rings is 1. The SMILES string of the molecule is NC1CCCN(C(=O)c2cccc(OCc3ccccc3)c2)C1. The molecule has 2 N–H and O–H groups in total. The molecule has 0 bridgehead atoms. The van der Waals surface area contributed by atoms with Gasteiger partial charge in [0.15, 0.2) is 0 Å². The van der Waals surface area contributed by atoms with E-state index in [1.807, 2.05) is 59.5 Å². The van der Waals surface area contributed by atoms with Crippen LogP contribution in [-0.4, -0.2) is 29.9 Å². The molecule has 1 unspecified atom stereocenters. The second-order valence-corrected chi connectivity index (χ2v) is 5.96. The molecule has 4 heteroatoms. The fourth-order valence-electron chi connectivity index (χ4n) is 2.84. The van der Waals surface area contributed by atoms with Crippen LogP contribution >= 0.6 is 0 Å². The van der Waals surface area contributed by atoms with Crippen LogP contribution in [0.15, 0.2) is 54.6 Å². The molecule has 3 rings (SSSR count). The lowest BCUT2D eigenvalue weighted by Crippen LogP contribution is -2.45. The highest BCUT2D eigenvalue weighted by Crippen LogP contribution is 2.18. The van der Waals surface area contributed by atoms with Gasteiger partial charge in [-0.1, -0.05) is 36.4 Å². The molecule has 23 heavy (non-hydrogen) atoms. The van der Waals surface area contributed by atoms with E-state index in [4.69, 9.17) is 10.5 Å². The van der Waals surface area contributed by atoms with Gasteiger partial charge in [0.1, 0.15) is 12.4 Å². The zero-order valence-electron chi connectivity index (χ0n) is 13.2. The van der Waals surface area contributed by atoms with Crippen LogP contribution in [0.5, 0.6) is 5.75 Å². The minimum atomic E-state index is 0.0327. The normalized spacial score (nSPS) is 17.8. The Morgan fingerprint density at radius 1 is 1.17 bits per heavy atom. The van der Waals surface area contributed by atoms with Crippen LogP contribution in [0.2, 0.25) is 0 Å². The molecule has 1 heterocycles. The predicted molar refractivity (Wildman–Crippen MR) is 90.3 cm³/mol. The Labute approximate surface area is 136 Å². The van der Waals surface area contributed by atoms with Crippen molar-refractivity contribution >= 4 is 5.91 Å². The van der Waals surface area contributed by atoms with Crippen molar-refractivity contribution in [1.29, 1.82) is 0 Å². The fraction of sp³-hybridized carbons (Fsp3) is 0.316. The van der Waals surface area contributed by atoms with Gasteiger partial charge in [-0.15, -0.1) is 0 Å². The third-order valence-corrected chi connectivity index (χ3v) is 4.07. The van der Waals surface area contributed by atoms with E-state index in [1.165, 1.54) is 0 Å². The summed E-state index contributed by atoms with van der Waals surface area (Å²) in [5, 5.41) is 0. The first-order chi connectivity index (χ1) is 11.2. The number of nitrogens with two attached hydrogens (primary N) is 1. The molecule has 1 atom stereocenters. The second-order valence-electron chi connectivity index (χ2n) is 5.96. The smallest absolute Gasteiger partial charge is 0.254 e. The van der Waals surface area contributed by atoms with Gasteiger partial charge in [-0.3, -0.25) is 4.79 Å².